The number of amides is 1. The Balaban J connectivity index is 1.79. The first-order chi connectivity index (χ1) is 8.86. The number of piperazine rings is 1. The number of halogens is 1. The quantitative estimate of drug-likeness (QED) is 0.631. The molecular formula is C11H20FN3O3S. The minimum Gasteiger partial charge on any atom is -0.340 e. The van der Waals surface area contributed by atoms with Gasteiger partial charge in [0.1, 0.15) is 5.25 Å². The molecule has 0 aromatic heterocycles. The number of likely N-dealkylation sites (N-methyl/N-ethyl adjacent to an activating group) is 1. The van der Waals surface area contributed by atoms with Crippen LogP contribution in [0, 0.1) is 0 Å². The highest BCUT2D eigenvalue weighted by atomic mass is 32.3. The summed E-state index contributed by atoms with van der Waals surface area (Å²) in [6, 6.07) is 0. The van der Waals surface area contributed by atoms with Crippen molar-refractivity contribution in [1.82, 2.24) is 14.7 Å². The highest BCUT2D eigenvalue weighted by Crippen LogP contribution is 2.19. The second-order valence-corrected chi connectivity index (χ2v) is 6.90. The van der Waals surface area contributed by atoms with Gasteiger partial charge in [-0.25, -0.2) is 0 Å². The molecule has 1 unspecified atom stereocenters. The molecule has 1 amide bonds. The molecule has 1 atom stereocenters. The fourth-order valence-corrected chi connectivity index (χ4v) is 3.17. The average molecular weight is 293 g/mol. The predicted molar refractivity (Wildman–Crippen MR) is 68.9 cm³/mol. The maximum atomic E-state index is 12.9. The summed E-state index contributed by atoms with van der Waals surface area (Å²) < 4.78 is 34.5. The summed E-state index contributed by atoms with van der Waals surface area (Å²) in [5.41, 5.74) is 0. The van der Waals surface area contributed by atoms with Gasteiger partial charge in [-0.15, -0.1) is 3.89 Å². The summed E-state index contributed by atoms with van der Waals surface area (Å²) in [7, 11) is -2.53. The molecule has 2 heterocycles. The molecule has 2 saturated heterocycles. The van der Waals surface area contributed by atoms with E-state index >= 15 is 0 Å². The number of hydrogen-bond acceptors (Lipinski definition) is 5. The van der Waals surface area contributed by atoms with Crippen LogP contribution in [0.1, 0.15) is 6.42 Å². The Bertz CT molecular complexity index is 434. The molecule has 2 rings (SSSR count). The fraction of sp³-hybridized carbons (Fsp3) is 0.909. The van der Waals surface area contributed by atoms with Crippen LogP contribution in [0.2, 0.25) is 0 Å². The van der Waals surface area contributed by atoms with Crippen molar-refractivity contribution in [3.8, 4) is 0 Å². The number of likely N-dealkylation sites (tertiary alicyclic amines) is 1. The third kappa shape index (κ3) is 3.87. The molecule has 0 aliphatic carbocycles. The van der Waals surface area contributed by atoms with Gasteiger partial charge < -0.3 is 9.80 Å². The van der Waals surface area contributed by atoms with Crippen LogP contribution >= 0.6 is 0 Å². The number of rotatable bonds is 4. The lowest BCUT2D eigenvalue weighted by molar-refractivity contribution is -0.127. The van der Waals surface area contributed by atoms with Gasteiger partial charge in [-0.2, -0.15) is 8.42 Å². The molecule has 2 aliphatic heterocycles. The summed E-state index contributed by atoms with van der Waals surface area (Å²) >= 11 is 0. The number of hydrogen-bond donors (Lipinski definition) is 0. The van der Waals surface area contributed by atoms with Crippen LogP contribution in [0.25, 0.3) is 0 Å². The van der Waals surface area contributed by atoms with Crippen molar-refractivity contribution in [3.05, 3.63) is 0 Å². The van der Waals surface area contributed by atoms with Gasteiger partial charge in [0.05, 0.1) is 0 Å². The number of nitrogens with zero attached hydrogens (tertiary/aromatic N) is 3. The van der Waals surface area contributed by atoms with Crippen LogP contribution in [0.15, 0.2) is 0 Å². The smallest absolute Gasteiger partial charge is 0.307 e. The molecule has 0 aromatic carbocycles. The second-order valence-electron chi connectivity index (χ2n) is 5.29. The summed E-state index contributed by atoms with van der Waals surface area (Å²) in [4.78, 5) is 17.6. The maximum absolute atomic E-state index is 12.9. The molecular weight excluding hydrogens is 273 g/mol. The number of carbonyl (C=O) groups excluding carboxylic acids is 1. The predicted octanol–water partition coefficient (Wildman–Crippen LogP) is -0.866. The van der Waals surface area contributed by atoms with E-state index in [0.717, 1.165) is 32.7 Å². The summed E-state index contributed by atoms with van der Waals surface area (Å²) in [6.45, 7) is 5.08. The van der Waals surface area contributed by atoms with E-state index in [0.29, 0.717) is 6.54 Å². The molecule has 8 heteroatoms. The Morgan fingerprint density at radius 3 is 2.37 bits per heavy atom. The minimum absolute atomic E-state index is 0.00852. The van der Waals surface area contributed by atoms with Crippen LogP contribution in [0.4, 0.5) is 3.89 Å². The molecule has 2 fully saturated rings. The van der Waals surface area contributed by atoms with Gasteiger partial charge in [0, 0.05) is 52.2 Å². The monoisotopic (exact) mass is 293 g/mol. The Hall–Kier alpha value is -0.730. The molecule has 0 spiro atoms. The third-order valence-corrected chi connectivity index (χ3v) is 4.97. The highest BCUT2D eigenvalue weighted by Gasteiger charge is 2.38. The first-order valence-electron chi connectivity index (χ1n) is 6.48. The van der Waals surface area contributed by atoms with Crippen molar-refractivity contribution in [2.24, 2.45) is 0 Å². The van der Waals surface area contributed by atoms with Gasteiger partial charge in [0.2, 0.25) is 5.91 Å². The largest absolute Gasteiger partial charge is 0.340 e. The average Bonchev–Trinajstić information content (AvgIpc) is 2.70. The summed E-state index contributed by atoms with van der Waals surface area (Å²) in [6.07, 6.45) is -0.221. The summed E-state index contributed by atoms with van der Waals surface area (Å²) in [5, 5.41) is -1.17. The van der Waals surface area contributed by atoms with Gasteiger partial charge in [-0.1, -0.05) is 0 Å². The Kier molecular flexibility index (Phi) is 4.42. The van der Waals surface area contributed by atoms with Crippen LogP contribution < -0.4 is 0 Å². The minimum atomic E-state index is -4.60. The normalized spacial score (nSPS) is 27.2. The van der Waals surface area contributed by atoms with Crippen molar-refractivity contribution in [2.45, 2.75) is 11.7 Å². The molecule has 0 saturated carbocycles. The van der Waals surface area contributed by atoms with Crippen molar-refractivity contribution in [1.29, 1.82) is 0 Å². The van der Waals surface area contributed by atoms with E-state index in [1.807, 2.05) is 0 Å². The van der Waals surface area contributed by atoms with Crippen LogP contribution in [0.5, 0.6) is 0 Å². The molecule has 110 valence electrons. The second kappa shape index (κ2) is 5.72. The first-order valence-corrected chi connectivity index (χ1v) is 7.93. The zero-order valence-corrected chi connectivity index (χ0v) is 11.9. The standard InChI is InChI=1S/C11H20FN3O3S/c1-13-2-4-14(5-3-13)6-7-15-9-10(8-11(15)16)19(12,17)18/h10H,2-9H2,1H3. The van der Waals surface area contributed by atoms with E-state index in [-0.39, 0.29) is 18.9 Å². The van der Waals surface area contributed by atoms with Crippen molar-refractivity contribution in [2.75, 3.05) is 52.9 Å². The lowest BCUT2D eigenvalue weighted by Crippen LogP contribution is -2.47. The topological polar surface area (TPSA) is 60.9 Å². The third-order valence-electron chi connectivity index (χ3n) is 3.86. The molecule has 19 heavy (non-hydrogen) atoms. The zero-order chi connectivity index (χ0) is 14.0. The zero-order valence-electron chi connectivity index (χ0n) is 11.1. The molecule has 2 aliphatic rings. The number of carbonyl (C=O) groups is 1. The lowest BCUT2D eigenvalue weighted by atomic mass is 10.3. The van der Waals surface area contributed by atoms with Crippen LogP contribution in [-0.2, 0) is 15.0 Å². The van der Waals surface area contributed by atoms with Gasteiger partial charge >= 0.3 is 10.2 Å². The molecule has 0 bridgehead atoms. The van der Waals surface area contributed by atoms with Crippen LogP contribution in [0.3, 0.4) is 0 Å². The maximum Gasteiger partial charge on any atom is 0.307 e. The lowest BCUT2D eigenvalue weighted by Gasteiger charge is -2.33. The Morgan fingerprint density at radius 1 is 1.21 bits per heavy atom. The highest BCUT2D eigenvalue weighted by molar-refractivity contribution is 7.87. The van der Waals surface area contributed by atoms with Gasteiger partial charge in [-0.05, 0) is 7.05 Å². The molecule has 0 N–H and O–H groups in total. The Morgan fingerprint density at radius 2 is 1.84 bits per heavy atom. The molecule has 6 nitrogen and oxygen atoms in total. The summed E-state index contributed by atoms with van der Waals surface area (Å²) in [5.74, 6) is -0.264. The SMILES string of the molecule is CN1CCN(CCN2CC(S(=O)(=O)F)CC2=O)CC1. The van der Waals surface area contributed by atoms with Gasteiger partial charge in [-0.3, -0.25) is 9.69 Å². The van der Waals surface area contributed by atoms with E-state index < -0.39 is 15.5 Å². The van der Waals surface area contributed by atoms with Crippen molar-refractivity contribution < 1.29 is 17.1 Å². The van der Waals surface area contributed by atoms with Crippen molar-refractivity contribution >= 4 is 16.1 Å². The van der Waals surface area contributed by atoms with Crippen molar-refractivity contribution in [3.63, 3.8) is 0 Å². The first kappa shape index (κ1) is 14.7. The van der Waals surface area contributed by atoms with Gasteiger partial charge in [0.25, 0.3) is 0 Å². The fourth-order valence-electron chi connectivity index (χ4n) is 2.47. The molecule has 0 radical (unpaired) electrons. The van der Waals surface area contributed by atoms with E-state index in [4.69, 9.17) is 0 Å². The van der Waals surface area contributed by atoms with Crippen LogP contribution in [-0.4, -0.2) is 87.1 Å². The van der Waals surface area contributed by atoms with E-state index in [1.165, 1.54) is 4.90 Å². The van der Waals surface area contributed by atoms with E-state index in [1.54, 1.807) is 0 Å². The Labute approximate surface area is 113 Å². The van der Waals surface area contributed by atoms with E-state index in [9.17, 15) is 17.1 Å². The molecule has 0 aromatic rings. The van der Waals surface area contributed by atoms with Gasteiger partial charge in [0.15, 0.2) is 0 Å². The van der Waals surface area contributed by atoms with E-state index in [2.05, 4.69) is 16.8 Å².